The minimum atomic E-state index is 0.294. The second-order valence-electron chi connectivity index (χ2n) is 5.71. The Balaban J connectivity index is 3.90. The lowest BCUT2D eigenvalue weighted by molar-refractivity contribution is -0.117. The summed E-state index contributed by atoms with van der Waals surface area (Å²) in [5.41, 5.74) is 4.26. The molecule has 0 aromatic carbocycles. The second-order valence-corrected chi connectivity index (χ2v) is 5.71. The summed E-state index contributed by atoms with van der Waals surface area (Å²) in [7, 11) is 0. The summed E-state index contributed by atoms with van der Waals surface area (Å²) in [6.45, 7) is 10.3. The van der Waals surface area contributed by atoms with Crippen LogP contribution < -0.4 is 0 Å². The van der Waals surface area contributed by atoms with Gasteiger partial charge < -0.3 is 4.79 Å². The van der Waals surface area contributed by atoms with Crippen molar-refractivity contribution in [2.24, 2.45) is 0 Å². The van der Waals surface area contributed by atoms with Crippen LogP contribution in [0.15, 0.2) is 34.9 Å². The molecule has 0 aliphatic rings. The summed E-state index contributed by atoms with van der Waals surface area (Å²) in [5, 5.41) is 0. The van der Waals surface area contributed by atoms with Gasteiger partial charge in [0.05, 0.1) is 0 Å². The number of ketones is 1. The zero-order valence-corrected chi connectivity index (χ0v) is 13.4. The van der Waals surface area contributed by atoms with Gasteiger partial charge in [0.2, 0.25) is 0 Å². The first-order valence-corrected chi connectivity index (χ1v) is 7.36. The van der Waals surface area contributed by atoms with Crippen LogP contribution in [0.25, 0.3) is 0 Å². The van der Waals surface area contributed by atoms with Gasteiger partial charge in [0.15, 0.2) is 0 Å². The maximum atomic E-state index is 10.8. The number of carbonyl (C=O) groups is 1. The van der Waals surface area contributed by atoms with E-state index >= 15 is 0 Å². The van der Waals surface area contributed by atoms with Crippen molar-refractivity contribution in [3.63, 3.8) is 0 Å². The molecule has 108 valence electrons. The Morgan fingerprint density at radius 3 is 1.89 bits per heavy atom. The van der Waals surface area contributed by atoms with Crippen molar-refractivity contribution < 1.29 is 4.79 Å². The van der Waals surface area contributed by atoms with E-state index in [-0.39, 0.29) is 0 Å². The highest BCUT2D eigenvalue weighted by Gasteiger charge is 1.94. The van der Waals surface area contributed by atoms with Crippen LogP contribution in [0.3, 0.4) is 0 Å². The highest BCUT2D eigenvalue weighted by atomic mass is 16.1. The van der Waals surface area contributed by atoms with Crippen LogP contribution in [0.5, 0.6) is 0 Å². The molecule has 0 heterocycles. The SMILES string of the molecule is CC(=O)CCCC(C)=CCC=C(C)CCC=C(C)C. The Labute approximate surface area is 119 Å². The van der Waals surface area contributed by atoms with Crippen LogP contribution in [0.1, 0.15) is 73.1 Å². The van der Waals surface area contributed by atoms with Crippen LogP contribution in [-0.4, -0.2) is 5.78 Å². The summed E-state index contributed by atoms with van der Waals surface area (Å²) >= 11 is 0. The topological polar surface area (TPSA) is 17.1 Å². The molecule has 0 spiro atoms. The van der Waals surface area contributed by atoms with E-state index in [2.05, 4.69) is 45.9 Å². The molecule has 0 atom stereocenters. The molecule has 0 saturated carbocycles. The molecule has 0 aromatic rings. The first-order chi connectivity index (χ1) is 8.91. The summed E-state index contributed by atoms with van der Waals surface area (Å²) in [5.74, 6) is 0.294. The lowest BCUT2D eigenvalue weighted by Gasteiger charge is -2.00. The van der Waals surface area contributed by atoms with Crippen molar-refractivity contribution in [3.05, 3.63) is 34.9 Å². The van der Waals surface area contributed by atoms with E-state index in [1.54, 1.807) is 6.92 Å². The smallest absolute Gasteiger partial charge is 0.129 e. The van der Waals surface area contributed by atoms with E-state index in [4.69, 9.17) is 0 Å². The molecule has 1 heteroatoms. The third-order valence-corrected chi connectivity index (χ3v) is 3.12. The van der Waals surface area contributed by atoms with E-state index in [0.717, 1.165) is 32.1 Å². The van der Waals surface area contributed by atoms with Gasteiger partial charge in [-0.25, -0.2) is 0 Å². The molecule has 19 heavy (non-hydrogen) atoms. The Bertz CT molecular complexity index is 352. The lowest BCUT2D eigenvalue weighted by Crippen LogP contribution is -1.89. The summed E-state index contributed by atoms with van der Waals surface area (Å²) in [6.07, 6.45) is 13.0. The third-order valence-electron chi connectivity index (χ3n) is 3.12. The number of rotatable bonds is 9. The Kier molecular flexibility index (Phi) is 10.1. The summed E-state index contributed by atoms with van der Waals surface area (Å²) in [6, 6.07) is 0. The Hall–Kier alpha value is -1.11. The predicted octanol–water partition coefficient (Wildman–Crippen LogP) is 5.77. The molecular weight excluding hydrogens is 232 g/mol. The van der Waals surface area contributed by atoms with Crippen LogP contribution in [0.2, 0.25) is 0 Å². The fourth-order valence-electron chi connectivity index (χ4n) is 1.87. The Morgan fingerprint density at radius 1 is 0.789 bits per heavy atom. The average molecular weight is 262 g/mol. The first kappa shape index (κ1) is 17.9. The normalized spacial score (nSPS) is 12.5. The van der Waals surface area contributed by atoms with Crippen LogP contribution >= 0.6 is 0 Å². The van der Waals surface area contributed by atoms with Gasteiger partial charge in [0, 0.05) is 6.42 Å². The van der Waals surface area contributed by atoms with Crippen LogP contribution in [0, 0.1) is 0 Å². The lowest BCUT2D eigenvalue weighted by atomic mass is 10.1. The van der Waals surface area contributed by atoms with Crippen molar-refractivity contribution >= 4 is 5.78 Å². The molecule has 0 amide bonds. The molecule has 0 fully saturated rings. The van der Waals surface area contributed by atoms with Crippen molar-refractivity contribution in [3.8, 4) is 0 Å². The number of hydrogen-bond donors (Lipinski definition) is 0. The molecule has 1 nitrogen and oxygen atoms in total. The molecular formula is C18H30O. The van der Waals surface area contributed by atoms with E-state index in [1.165, 1.54) is 16.7 Å². The fourth-order valence-corrected chi connectivity index (χ4v) is 1.87. The minimum absolute atomic E-state index is 0.294. The number of allylic oxidation sites excluding steroid dienone is 6. The maximum absolute atomic E-state index is 10.8. The van der Waals surface area contributed by atoms with Crippen molar-refractivity contribution in [2.75, 3.05) is 0 Å². The van der Waals surface area contributed by atoms with E-state index < -0.39 is 0 Å². The van der Waals surface area contributed by atoms with E-state index in [1.807, 2.05) is 0 Å². The maximum Gasteiger partial charge on any atom is 0.129 e. The van der Waals surface area contributed by atoms with Gasteiger partial charge in [-0.1, -0.05) is 34.9 Å². The molecule has 0 aliphatic heterocycles. The Morgan fingerprint density at radius 2 is 1.37 bits per heavy atom. The summed E-state index contributed by atoms with van der Waals surface area (Å²) < 4.78 is 0. The third kappa shape index (κ3) is 13.1. The largest absolute Gasteiger partial charge is 0.300 e. The highest BCUT2D eigenvalue weighted by molar-refractivity contribution is 5.75. The van der Waals surface area contributed by atoms with E-state index in [9.17, 15) is 4.79 Å². The van der Waals surface area contributed by atoms with Gasteiger partial charge >= 0.3 is 0 Å². The van der Waals surface area contributed by atoms with Gasteiger partial charge in [-0.3, -0.25) is 0 Å². The van der Waals surface area contributed by atoms with Crippen molar-refractivity contribution in [1.29, 1.82) is 0 Å². The number of carbonyl (C=O) groups excluding carboxylic acids is 1. The monoisotopic (exact) mass is 262 g/mol. The summed E-state index contributed by atoms with van der Waals surface area (Å²) in [4.78, 5) is 10.8. The molecule has 0 N–H and O–H groups in total. The zero-order chi connectivity index (χ0) is 14.7. The average Bonchev–Trinajstić information content (AvgIpc) is 2.27. The van der Waals surface area contributed by atoms with Crippen LogP contribution in [0.4, 0.5) is 0 Å². The molecule has 0 aliphatic carbocycles. The highest BCUT2D eigenvalue weighted by Crippen LogP contribution is 2.11. The van der Waals surface area contributed by atoms with Crippen molar-refractivity contribution in [2.45, 2.75) is 73.1 Å². The van der Waals surface area contributed by atoms with E-state index in [0.29, 0.717) is 12.2 Å². The molecule has 0 aromatic heterocycles. The van der Waals surface area contributed by atoms with Crippen molar-refractivity contribution in [1.82, 2.24) is 0 Å². The molecule has 0 saturated heterocycles. The number of hydrogen-bond acceptors (Lipinski definition) is 1. The van der Waals surface area contributed by atoms with Gasteiger partial charge in [0.25, 0.3) is 0 Å². The standard InChI is InChI=1S/C18H30O/c1-15(2)9-6-10-16(3)11-7-12-17(4)13-8-14-18(5)19/h9,11-12H,6-8,10,13-14H2,1-5H3. The van der Waals surface area contributed by atoms with Gasteiger partial charge in [-0.2, -0.15) is 0 Å². The molecule has 0 radical (unpaired) electrons. The fraction of sp³-hybridized carbons (Fsp3) is 0.611. The number of Topliss-reactive ketones (excluding diaryl/α,β-unsaturated/α-hetero) is 1. The van der Waals surface area contributed by atoms with Gasteiger partial charge in [-0.15, -0.1) is 0 Å². The molecule has 0 unspecified atom stereocenters. The second kappa shape index (κ2) is 10.8. The zero-order valence-electron chi connectivity index (χ0n) is 13.4. The predicted molar refractivity (Wildman–Crippen MR) is 85.3 cm³/mol. The quantitative estimate of drug-likeness (QED) is 0.482. The molecule has 0 bridgehead atoms. The van der Waals surface area contributed by atoms with Crippen LogP contribution in [-0.2, 0) is 4.79 Å². The van der Waals surface area contributed by atoms with Gasteiger partial charge in [-0.05, 0) is 66.7 Å². The molecule has 0 rings (SSSR count). The van der Waals surface area contributed by atoms with Gasteiger partial charge in [0.1, 0.15) is 5.78 Å². The minimum Gasteiger partial charge on any atom is -0.300 e. The first-order valence-electron chi connectivity index (χ1n) is 7.36.